The summed E-state index contributed by atoms with van der Waals surface area (Å²) in [5.41, 5.74) is 0.903. The minimum atomic E-state index is 0.432. The van der Waals surface area contributed by atoms with E-state index in [4.69, 9.17) is 11.6 Å². The SMILES string of the molecule is CC(C)NCc1ccc(-n2cc(Cl)cn2)nn1. The minimum absolute atomic E-state index is 0.432. The first kappa shape index (κ1) is 12.0. The standard InChI is InChI=1S/C11H14ClN5/c1-8(2)13-6-10-3-4-11(16-15-10)17-7-9(12)5-14-17/h3-5,7-8,13H,6H2,1-2H3. The van der Waals surface area contributed by atoms with Crippen molar-refractivity contribution in [2.75, 3.05) is 0 Å². The van der Waals surface area contributed by atoms with Crippen molar-refractivity contribution in [3.05, 3.63) is 35.2 Å². The van der Waals surface area contributed by atoms with Crippen molar-refractivity contribution in [2.45, 2.75) is 26.4 Å². The molecule has 0 aliphatic heterocycles. The fourth-order valence-electron chi connectivity index (χ4n) is 1.30. The summed E-state index contributed by atoms with van der Waals surface area (Å²) in [7, 11) is 0. The van der Waals surface area contributed by atoms with Crippen molar-refractivity contribution < 1.29 is 0 Å². The lowest BCUT2D eigenvalue weighted by atomic mass is 10.3. The topological polar surface area (TPSA) is 55.6 Å². The van der Waals surface area contributed by atoms with E-state index in [-0.39, 0.29) is 0 Å². The van der Waals surface area contributed by atoms with Crippen LogP contribution in [0.5, 0.6) is 0 Å². The lowest BCUT2D eigenvalue weighted by molar-refractivity contribution is 0.576. The van der Waals surface area contributed by atoms with Crippen LogP contribution in [0.15, 0.2) is 24.5 Å². The van der Waals surface area contributed by atoms with Crippen LogP contribution in [0.2, 0.25) is 5.02 Å². The second kappa shape index (κ2) is 5.25. The molecule has 5 nitrogen and oxygen atoms in total. The van der Waals surface area contributed by atoms with Gasteiger partial charge >= 0.3 is 0 Å². The third-order valence-electron chi connectivity index (χ3n) is 2.18. The molecule has 0 bridgehead atoms. The summed E-state index contributed by atoms with van der Waals surface area (Å²) in [6, 6.07) is 4.22. The van der Waals surface area contributed by atoms with Crippen LogP contribution in [0.1, 0.15) is 19.5 Å². The van der Waals surface area contributed by atoms with Crippen molar-refractivity contribution >= 4 is 11.6 Å². The zero-order valence-corrected chi connectivity index (χ0v) is 10.5. The third-order valence-corrected chi connectivity index (χ3v) is 2.38. The summed E-state index contributed by atoms with van der Waals surface area (Å²) in [4.78, 5) is 0. The van der Waals surface area contributed by atoms with E-state index in [2.05, 4.69) is 34.5 Å². The zero-order valence-electron chi connectivity index (χ0n) is 9.76. The highest BCUT2D eigenvalue weighted by molar-refractivity contribution is 6.30. The number of nitrogens with zero attached hydrogens (tertiary/aromatic N) is 4. The van der Waals surface area contributed by atoms with Gasteiger partial charge in [-0.25, -0.2) is 4.68 Å². The number of hydrogen-bond donors (Lipinski definition) is 1. The van der Waals surface area contributed by atoms with Crippen LogP contribution >= 0.6 is 11.6 Å². The molecule has 0 spiro atoms. The Labute approximate surface area is 105 Å². The fraction of sp³-hybridized carbons (Fsp3) is 0.364. The molecule has 1 N–H and O–H groups in total. The molecule has 0 amide bonds. The van der Waals surface area contributed by atoms with Gasteiger partial charge in [0.2, 0.25) is 0 Å². The maximum absolute atomic E-state index is 5.78. The maximum atomic E-state index is 5.78. The summed E-state index contributed by atoms with van der Waals surface area (Å²) in [5.74, 6) is 0.658. The second-order valence-electron chi connectivity index (χ2n) is 4.02. The number of aromatic nitrogens is 4. The van der Waals surface area contributed by atoms with Gasteiger partial charge in [-0.15, -0.1) is 5.10 Å². The van der Waals surface area contributed by atoms with E-state index in [9.17, 15) is 0 Å². The Kier molecular flexibility index (Phi) is 3.71. The Hall–Kier alpha value is -1.46. The maximum Gasteiger partial charge on any atom is 0.175 e. The molecule has 0 fully saturated rings. The molecule has 0 unspecified atom stereocenters. The van der Waals surface area contributed by atoms with Crippen molar-refractivity contribution in [3.8, 4) is 5.82 Å². The zero-order chi connectivity index (χ0) is 12.3. The number of hydrogen-bond acceptors (Lipinski definition) is 4. The fourth-order valence-corrected chi connectivity index (χ4v) is 1.44. The first-order valence-electron chi connectivity index (χ1n) is 5.41. The molecule has 0 radical (unpaired) electrons. The molecule has 0 atom stereocenters. The van der Waals surface area contributed by atoms with Crippen molar-refractivity contribution in [1.29, 1.82) is 0 Å². The van der Waals surface area contributed by atoms with E-state index in [1.54, 1.807) is 17.1 Å². The molecule has 2 aromatic rings. The van der Waals surface area contributed by atoms with Crippen LogP contribution in [0.25, 0.3) is 5.82 Å². The van der Waals surface area contributed by atoms with Crippen molar-refractivity contribution in [2.24, 2.45) is 0 Å². The van der Waals surface area contributed by atoms with Gasteiger partial charge in [0, 0.05) is 12.6 Å². The Morgan fingerprint density at radius 3 is 2.71 bits per heavy atom. The van der Waals surface area contributed by atoms with Crippen LogP contribution in [-0.4, -0.2) is 26.0 Å². The van der Waals surface area contributed by atoms with Gasteiger partial charge in [0.05, 0.1) is 23.1 Å². The van der Waals surface area contributed by atoms with Gasteiger partial charge in [-0.2, -0.15) is 10.2 Å². The molecule has 0 aliphatic rings. The second-order valence-corrected chi connectivity index (χ2v) is 4.46. The minimum Gasteiger partial charge on any atom is -0.309 e. The lowest BCUT2D eigenvalue weighted by Crippen LogP contribution is -2.22. The van der Waals surface area contributed by atoms with E-state index < -0.39 is 0 Å². The molecular formula is C11H14ClN5. The third kappa shape index (κ3) is 3.25. The molecule has 90 valence electrons. The van der Waals surface area contributed by atoms with Gasteiger partial charge in [-0.05, 0) is 12.1 Å². The molecule has 0 saturated carbocycles. The van der Waals surface area contributed by atoms with E-state index in [1.165, 1.54) is 0 Å². The molecule has 2 heterocycles. The Morgan fingerprint density at radius 1 is 1.35 bits per heavy atom. The first-order chi connectivity index (χ1) is 8.15. The van der Waals surface area contributed by atoms with E-state index >= 15 is 0 Å². The lowest BCUT2D eigenvalue weighted by Gasteiger charge is -2.07. The predicted octanol–water partition coefficient (Wildman–Crippen LogP) is 1.81. The summed E-state index contributed by atoms with van der Waals surface area (Å²) >= 11 is 5.78. The average molecular weight is 252 g/mol. The monoisotopic (exact) mass is 251 g/mol. The van der Waals surface area contributed by atoms with Crippen molar-refractivity contribution in [1.82, 2.24) is 25.3 Å². The average Bonchev–Trinajstić information content (AvgIpc) is 2.74. The Bertz CT molecular complexity index is 477. The highest BCUT2D eigenvalue weighted by Gasteiger charge is 2.02. The first-order valence-corrected chi connectivity index (χ1v) is 5.79. The summed E-state index contributed by atoms with van der Waals surface area (Å²) in [5, 5.41) is 16.1. The predicted molar refractivity (Wildman–Crippen MR) is 66.1 cm³/mol. The number of halogens is 1. The molecular weight excluding hydrogens is 238 g/mol. The number of rotatable bonds is 4. The largest absolute Gasteiger partial charge is 0.309 e. The normalized spacial score (nSPS) is 11.1. The smallest absolute Gasteiger partial charge is 0.175 e. The Morgan fingerprint density at radius 2 is 2.18 bits per heavy atom. The highest BCUT2D eigenvalue weighted by Crippen LogP contribution is 2.09. The van der Waals surface area contributed by atoms with Gasteiger partial charge in [0.25, 0.3) is 0 Å². The highest BCUT2D eigenvalue weighted by atomic mass is 35.5. The summed E-state index contributed by atoms with van der Waals surface area (Å²) in [6.07, 6.45) is 3.26. The summed E-state index contributed by atoms with van der Waals surface area (Å²) in [6.45, 7) is 4.89. The number of nitrogens with one attached hydrogen (secondary N) is 1. The molecule has 0 aliphatic carbocycles. The van der Waals surface area contributed by atoms with E-state index in [1.807, 2.05) is 12.1 Å². The van der Waals surface area contributed by atoms with Crippen LogP contribution in [0.4, 0.5) is 0 Å². The molecule has 2 aromatic heterocycles. The van der Waals surface area contributed by atoms with Gasteiger partial charge < -0.3 is 5.32 Å². The van der Waals surface area contributed by atoms with E-state index in [0.29, 0.717) is 23.4 Å². The Balaban J connectivity index is 2.07. The van der Waals surface area contributed by atoms with Gasteiger partial charge in [0.15, 0.2) is 5.82 Å². The van der Waals surface area contributed by atoms with Crippen LogP contribution in [0, 0.1) is 0 Å². The quantitative estimate of drug-likeness (QED) is 0.901. The van der Waals surface area contributed by atoms with Gasteiger partial charge in [-0.3, -0.25) is 0 Å². The molecule has 17 heavy (non-hydrogen) atoms. The van der Waals surface area contributed by atoms with Crippen molar-refractivity contribution in [3.63, 3.8) is 0 Å². The van der Waals surface area contributed by atoms with E-state index in [0.717, 1.165) is 5.69 Å². The molecule has 6 heteroatoms. The molecule has 2 rings (SSSR count). The molecule has 0 saturated heterocycles. The van der Waals surface area contributed by atoms with Crippen LogP contribution in [0.3, 0.4) is 0 Å². The van der Waals surface area contributed by atoms with Gasteiger partial charge in [-0.1, -0.05) is 25.4 Å². The van der Waals surface area contributed by atoms with Crippen LogP contribution < -0.4 is 5.32 Å². The summed E-state index contributed by atoms with van der Waals surface area (Å²) < 4.78 is 1.59. The molecule has 0 aromatic carbocycles. The van der Waals surface area contributed by atoms with Gasteiger partial charge in [0.1, 0.15) is 0 Å². The van der Waals surface area contributed by atoms with Crippen LogP contribution in [-0.2, 0) is 6.54 Å².